The minimum Gasteiger partial charge on any atom is -0.493 e. The highest BCUT2D eigenvalue weighted by Crippen LogP contribution is 2.27. The molecule has 6 heteroatoms. The summed E-state index contributed by atoms with van der Waals surface area (Å²) in [5.74, 6) is 1.38. The van der Waals surface area contributed by atoms with Crippen molar-refractivity contribution in [2.75, 3.05) is 13.7 Å². The van der Waals surface area contributed by atoms with Crippen molar-refractivity contribution in [3.63, 3.8) is 0 Å². The molecule has 0 atom stereocenters. The van der Waals surface area contributed by atoms with E-state index in [2.05, 4.69) is 15.8 Å². The molecule has 0 aliphatic carbocycles. The van der Waals surface area contributed by atoms with Gasteiger partial charge in [0, 0.05) is 6.54 Å². The minimum atomic E-state index is 0.466. The summed E-state index contributed by atoms with van der Waals surface area (Å²) in [5, 5.41) is 7.70. The molecule has 0 aromatic heterocycles. The van der Waals surface area contributed by atoms with Gasteiger partial charge in [-0.3, -0.25) is 5.43 Å². The zero-order valence-corrected chi connectivity index (χ0v) is 14.6. The Morgan fingerprint density at radius 3 is 2.67 bits per heavy atom. The summed E-state index contributed by atoms with van der Waals surface area (Å²) in [6.45, 7) is 3.15. The van der Waals surface area contributed by atoms with Crippen LogP contribution in [0.4, 0.5) is 0 Å². The number of nitrogens with one attached hydrogen (secondary N) is 2. The Hall–Kier alpha value is -2.60. The van der Waals surface area contributed by atoms with Crippen molar-refractivity contribution in [3.8, 4) is 11.5 Å². The molecule has 2 aromatic rings. The van der Waals surface area contributed by atoms with Gasteiger partial charge in [0.2, 0.25) is 0 Å². The van der Waals surface area contributed by atoms with Gasteiger partial charge in [-0.05, 0) is 48.5 Å². The van der Waals surface area contributed by atoms with E-state index in [9.17, 15) is 0 Å². The summed E-state index contributed by atoms with van der Waals surface area (Å²) in [4.78, 5) is 0. The first-order valence-electron chi connectivity index (χ1n) is 7.64. The lowest BCUT2D eigenvalue weighted by Gasteiger charge is -2.09. The molecule has 2 N–H and O–H groups in total. The van der Waals surface area contributed by atoms with Crippen LogP contribution in [-0.4, -0.2) is 25.0 Å². The molecule has 0 amide bonds. The van der Waals surface area contributed by atoms with Crippen LogP contribution >= 0.6 is 12.2 Å². The van der Waals surface area contributed by atoms with Gasteiger partial charge in [0.05, 0.1) is 19.9 Å². The molecular weight excluding hydrogens is 322 g/mol. The summed E-state index contributed by atoms with van der Waals surface area (Å²) < 4.78 is 10.8. The fraction of sp³-hybridized carbons (Fsp3) is 0.222. The molecule has 0 spiro atoms. The first-order chi connectivity index (χ1) is 11.7. The fourth-order valence-electron chi connectivity index (χ4n) is 2.03. The van der Waals surface area contributed by atoms with E-state index in [0.717, 1.165) is 11.1 Å². The van der Waals surface area contributed by atoms with E-state index < -0.39 is 0 Å². The van der Waals surface area contributed by atoms with Crippen LogP contribution in [0, 0.1) is 0 Å². The molecule has 2 aromatic carbocycles. The lowest BCUT2D eigenvalue weighted by atomic mass is 10.2. The second kappa shape index (κ2) is 9.52. The predicted octanol–water partition coefficient (Wildman–Crippen LogP) is 3.09. The van der Waals surface area contributed by atoms with Crippen molar-refractivity contribution in [3.05, 3.63) is 59.7 Å². The van der Waals surface area contributed by atoms with Crippen LogP contribution in [0.25, 0.3) is 0 Å². The van der Waals surface area contributed by atoms with Crippen LogP contribution in [0.15, 0.2) is 53.6 Å². The topological polar surface area (TPSA) is 54.9 Å². The Labute approximate surface area is 147 Å². The Balaban J connectivity index is 1.86. The van der Waals surface area contributed by atoms with E-state index in [1.165, 1.54) is 0 Å². The van der Waals surface area contributed by atoms with Gasteiger partial charge in [-0.15, -0.1) is 0 Å². The first kappa shape index (κ1) is 17.7. The van der Waals surface area contributed by atoms with E-state index >= 15 is 0 Å². The van der Waals surface area contributed by atoms with Crippen LogP contribution in [0.1, 0.15) is 18.1 Å². The molecule has 0 heterocycles. The van der Waals surface area contributed by atoms with Gasteiger partial charge >= 0.3 is 0 Å². The maximum absolute atomic E-state index is 5.54. The number of hydrazone groups is 1. The molecule has 24 heavy (non-hydrogen) atoms. The van der Waals surface area contributed by atoms with Crippen molar-refractivity contribution in [2.24, 2.45) is 5.10 Å². The number of methoxy groups -OCH3 is 1. The van der Waals surface area contributed by atoms with Gasteiger partial charge in [0.25, 0.3) is 0 Å². The SMILES string of the molecule is CCOc1cc(/C=N\NC(=S)NCc2ccccc2)ccc1OC. The molecule has 2 rings (SSSR count). The molecule has 5 nitrogen and oxygen atoms in total. The predicted molar refractivity (Wildman–Crippen MR) is 101 cm³/mol. The van der Waals surface area contributed by atoms with Crippen molar-refractivity contribution in [2.45, 2.75) is 13.5 Å². The zero-order valence-electron chi connectivity index (χ0n) is 13.8. The van der Waals surface area contributed by atoms with E-state index in [1.807, 2.05) is 55.5 Å². The van der Waals surface area contributed by atoms with Crippen molar-refractivity contribution >= 4 is 23.5 Å². The standard InChI is InChI=1S/C18H21N3O2S/c1-3-23-17-11-15(9-10-16(17)22-2)13-20-21-18(24)19-12-14-7-5-4-6-8-14/h4-11,13H,3,12H2,1-2H3,(H2,19,21,24)/b20-13-. The maximum atomic E-state index is 5.54. The molecule has 126 valence electrons. The average Bonchev–Trinajstić information content (AvgIpc) is 2.61. The van der Waals surface area contributed by atoms with Crippen molar-refractivity contribution < 1.29 is 9.47 Å². The van der Waals surface area contributed by atoms with Crippen LogP contribution < -0.4 is 20.2 Å². The maximum Gasteiger partial charge on any atom is 0.187 e. The van der Waals surface area contributed by atoms with Gasteiger partial charge in [0.15, 0.2) is 16.6 Å². The highest BCUT2D eigenvalue weighted by Gasteiger charge is 2.04. The van der Waals surface area contributed by atoms with Crippen molar-refractivity contribution in [1.82, 2.24) is 10.7 Å². The van der Waals surface area contributed by atoms with Crippen LogP contribution in [0.2, 0.25) is 0 Å². The highest BCUT2D eigenvalue weighted by molar-refractivity contribution is 7.80. The van der Waals surface area contributed by atoms with E-state index in [1.54, 1.807) is 13.3 Å². The summed E-state index contributed by atoms with van der Waals surface area (Å²) in [6.07, 6.45) is 1.68. The first-order valence-corrected chi connectivity index (χ1v) is 8.05. The van der Waals surface area contributed by atoms with Gasteiger partial charge in [-0.2, -0.15) is 5.10 Å². The Morgan fingerprint density at radius 1 is 1.17 bits per heavy atom. The van der Waals surface area contributed by atoms with Crippen molar-refractivity contribution in [1.29, 1.82) is 0 Å². The summed E-state index contributed by atoms with van der Waals surface area (Å²) in [6, 6.07) is 15.6. The molecule has 0 unspecified atom stereocenters. The molecule has 0 saturated heterocycles. The van der Waals surface area contributed by atoms with Gasteiger partial charge < -0.3 is 14.8 Å². The monoisotopic (exact) mass is 343 g/mol. The summed E-state index contributed by atoms with van der Waals surface area (Å²) in [7, 11) is 1.62. The van der Waals surface area contributed by atoms with Crippen LogP contribution in [-0.2, 0) is 6.54 Å². The average molecular weight is 343 g/mol. The van der Waals surface area contributed by atoms with Crippen LogP contribution in [0.3, 0.4) is 0 Å². The summed E-state index contributed by atoms with van der Waals surface area (Å²) in [5.41, 5.74) is 4.84. The number of nitrogens with zero attached hydrogens (tertiary/aromatic N) is 1. The number of hydrogen-bond acceptors (Lipinski definition) is 4. The van der Waals surface area contributed by atoms with E-state index in [0.29, 0.717) is 29.8 Å². The number of thiocarbonyl (C=S) groups is 1. The largest absolute Gasteiger partial charge is 0.493 e. The zero-order chi connectivity index (χ0) is 17.2. The molecule has 0 saturated carbocycles. The fourth-order valence-corrected chi connectivity index (χ4v) is 2.15. The lowest BCUT2D eigenvalue weighted by Crippen LogP contribution is -2.31. The molecule has 0 fully saturated rings. The number of hydrogen-bond donors (Lipinski definition) is 2. The second-order valence-corrected chi connectivity index (χ2v) is 5.29. The third kappa shape index (κ3) is 5.55. The van der Waals surface area contributed by atoms with Gasteiger partial charge in [-0.25, -0.2) is 0 Å². The minimum absolute atomic E-state index is 0.466. The second-order valence-electron chi connectivity index (χ2n) is 4.88. The van der Waals surface area contributed by atoms with Gasteiger partial charge in [0.1, 0.15) is 0 Å². The smallest absolute Gasteiger partial charge is 0.187 e. The van der Waals surface area contributed by atoms with Gasteiger partial charge in [-0.1, -0.05) is 30.3 Å². The number of ether oxygens (including phenoxy) is 2. The lowest BCUT2D eigenvalue weighted by molar-refractivity contribution is 0.311. The Kier molecular flexibility index (Phi) is 7.04. The molecule has 0 radical (unpaired) electrons. The third-order valence-electron chi connectivity index (χ3n) is 3.16. The Morgan fingerprint density at radius 2 is 1.96 bits per heavy atom. The van der Waals surface area contributed by atoms with Crippen LogP contribution in [0.5, 0.6) is 11.5 Å². The molecule has 0 bridgehead atoms. The van der Waals surface area contributed by atoms with E-state index in [-0.39, 0.29) is 0 Å². The molecule has 0 aliphatic heterocycles. The normalized spacial score (nSPS) is 10.4. The third-order valence-corrected chi connectivity index (χ3v) is 3.40. The van der Waals surface area contributed by atoms with E-state index in [4.69, 9.17) is 21.7 Å². The number of benzene rings is 2. The molecular formula is C18H21N3O2S. The quantitative estimate of drug-likeness (QED) is 0.460. The highest BCUT2D eigenvalue weighted by atomic mass is 32.1. The number of rotatable bonds is 7. The molecule has 0 aliphatic rings. The summed E-state index contributed by atoms with van der Waals surface area (Å²) >= 11 is 5.19. The Bertz CT molecular complexity index is 690.